The minimum Gasteiger partial charge on any atom is -0.384 e. The molecule has 4 N–H and O–H groups in total. The number of sulfone groups is 1. The van der Waals surface area contributed by atoms with Gasteiger partial charge in [0.05, 0.1) is 22.5 Å². The Hall–Kier alpha value is -3.72. The van der Waals surface area contributed by atoms with E-state index in [1.54, 1.807) is 0 Å². The van der Waals surface area contributed by atoms with Crippen LogP contribution in [0.25, 0.3) is 33.3 Å². The van der Waals surface area contributed by atoms with Gasteiger partial charge in [-0.25, -0.2) is 23.4 Å². The van der Waals surface area contributed by atoms with Gasteiger partial charge < -0.3 is 15.7 Å². The fourth-order valence-electron chi connectivity index (χ4n) is 3.47. The van der Waals surface area contributed by atoms with Gasteiger partial charge in [0.25, 0.3) is 0 Å². The number of fused-ring (bicyclic) bond motifs is 2. The van der Waals surface area contributed by atoms with Crippen molar-refractivity contribution in [2.24, 2.45) is 0 Å². The average Bonchev–Trinajstić information content (AvgIpc) is 3.31. The van der Waals surface area contributed by atoms with Gasteiger partial charge in [-0.2, -0.15) is 0 Å². The number of rotatable bonds is 5. The van der Waals surface area contributed by atoms with Gasteiger partial charge in [0.2, 0.25) is 0 Å². The van der Waals surface area contributed by atoms with Gasteiger partial charge in [-0.05, 0) is 36.4 Å². The monoisotopic (exact) mass is 418 g/mol. The van der Waals surface area contributed by atoms with Crippen LogP contribution in [-0.4, -0.2) is 33.3 Å². The molecule has 0 aliphatic carbocycles. The number of hydrogen-bond acceptors (Lipinski definition) is 6. The first-order chi connectivity index (χ1) is 14.4. The van der Waals surface area contributed by atoms with Gasteiger partial charge in [0, 0.05) is 28.7 Å². The Labute approximate surface area is 172 Å². The Balaban J connectivity index is 1.43. The van der Waals surface area contributed by atoms with E-state index < -0.39 is 9.84 Å². The van der Waals surface area contributed by atoms with Crippen LogP contribution in [0.4, 0.5) is 5.82 Å². The molecule has 0 aliphatic rings. The Morgan fingerprint density at radius 3 is 2.63 bits per heavy atom. The number of imidazole rings is 1. The van der Waals surface area contributed by atoms with E-state index in [1.165, 1.54) is 6.07 Å². The fourth-order valence-corrected chi connectivity index (χ4v) is 4.73. The van der Waals surface area contributed by atoms with Crippen molar-refractivity contribution in [2.75, 3.05) is 5.73 Å². The van der Waals surface area contributed by atoms with Gasteiger partial charge in [-0.1, -0.05) is 12.1 Å². The zero-order valence-electron chi connectivity index (χ0n) is 15.8. The molecule has 0 spiro atoms. The Bertz CT molecular complexity index is 1450. The summed E-state index contributed by atoms with van der Waals surface area (Å²) in [6.45, 7) is 0. The van der Waals surface area contributed by atoms with Crippen LogP contribution < -0.4 is 5.73 Å². The minimum atomic E-state index is -3.52. The molecule has 0 fully saturated rings. The zero-order chi connectivity index (χ0) is 20.7. The number of nitrogens with zero attached hydrogens (tertiary/aromatic N) is 3. The van der Waals surface area contributed by atoms with Crippen molar-refractivity contribution in [3.63, 3.8) is 0 Å². The molecule has 5 aromatic rings. The van der Waals surface area contributed by atoms with Gasteiger partial charge in [-0.3, -0.25) is 0 Å². The predicted molar refractivity (Wildman–Crippen MR) is 116 cm³/mol. The highest BCUT2D eigenvalue weighted by Crippen LogP contribution is 2.23. The lowest BCUT2D eigenvalue weighted by molar-refractivity contribution is 0.592. The Kier molecular flexibility index (Phi) is 4.25. The summed E-state index contributed by atoms with van der Waals surface area (Å²) in [6, 6.07) is 16.6. The molecular formula is C21H18N6O2S. The van der Waals surface area contributed by atoms with E-state index in [0.29, 0.717) is 17.3 Å². The molecule has 0 atom stereocenters. The third kappa shape index (κ3) is 3.62. The Morgan fingerprint density at radius 1 is 0.900 bits per heavy atom. The smallest absolute Gasteiger partial charge is 0.163 e. The SMILES string of the molecule is Nc1cc(CS(=O)(=O)Cc2nc3ccccc3[nH]2)nc(-c2ccc3[nH]ccc3c2)n1. The number of aromatic amines is 2. The summed E-state index contributed by atoms with van der Waals surface area (Å²) in [6.07, 6.45) is 1.85. The molecule has 0 unspecified atom stereocenters. The van der Waals surface area contributed by atoms with Gasteiger partial charge in [0.1, 0.15) is 17.4 Å². The number of nitrogen functional groups attached to an aromatic ring is 1. The number of nitrogens with two attached hydrogens (primary N) is 1. The number of nitrogens with one attached hydrogen (secondary N) is 2. The summed E-state index contributed by atoms with van der Waals surface area (Å²) >= 11 is 0. The number of hydrogen-bond donors (Lipinski definition) is 3. The van der Waals surface area contributed by atoms with Crippen LogP contribution in [0.3, 0.4) is 0 Å². The van der Waals surface area contributed by atoms with Gasteiger partial charge in [-0.15, -0.1) is 0 Å². The van der Waals surface area contributed by atoms with Crippen molar-refractivity contribution in [3.8, 4) is 11.4 Å². The lowest BCUT2D eigenvalue weighted by Crippen LogP contribution is -2.11. The largest absolute Gasteiger partial charge is 0.384 e. The molecule has 0 aliphatic heterocycles. The summed E-state index contributed by atoms with van der Waals surface area (Å²) in [5, 5.41) is 1.01. The molecule has 0 radical (unpaired) electrons. The highest BCUT2D eigenvalue weighted by molar-refractivity contribution is 7.89. The molecule has 0 saturated heterocycles. The molecule has 9 heteroatoms. The van der Waals surface area contributed by atoms with Crippen molar-refractivity contribution in [2.45, 2.75) is 11.5 Å². The van der Waals surface area contributed by atoms with E-state index in [2.05, 4.69) is 24.9 Å². The number of aromatic nitrogens is 5. The maximum Gasteiger partial charge on any atom is 0.163 e. The lowest BCUT2D eigenvalue weighted by atomic mass is 10.1. The van der Waals surface area contributed by atoms with E-state index in [1.807, 2.05) is 54.7 Å². The maximum atomic E-state index is 12.8. The maximum absolute atomic E-state index is 12.8. The van der Waals surface area contributed by atoms with Crippen LogP contribution in [0.5, 0.6) is 0 Å². The second-order valence-corrected chi connectivity index (χ2v) is 9.18. The van der Waals surface area contributed by atoms with Crippen LogP contribution in [-0.2, 0) is 21.3 Å². The molecule has 150 valence electrons. The zero-order valence-corrected chi connectivity index (χ0v) is 16.6. The lowest BCUT2D eigenvalue weighted by Gasteiger charge is -2.07. The second-order valence-electron chi connectivity index (χ2n) is 7.12. The van der Waals surface area contributed by atoms with E-state index >= 15 is 0 Å². The normalized spacial score (nSPS) is 12.0. The quantitative estimate of drug-likeness (QED) is 0.402. The van der Waals surface area contributed by atoms with E-state index in [9.17, 15) is 8.42 Å². The number of anilines is 1. The summed E-state index contributed by atoms with van der Waals surface area (Å²) in [5.74, 6) is 0.554. The van der Waals surface area contributed by atoms with Crippen molar-refractivity contribution in [1.82, 2.24) is 24.9 Å². The van der Waals surface area contributed by atoms with Crippen LogP contribution in [0.1, 0.15) is 11.5 Å². The standard InChI is InChI=1S/C21H18N6O2S/c22-19-10-15(24-21(27-19)14-5-6-16-13(9-14)7-8-23-16)11-30(28,29)12-20-25-17-3-1-2-4-18(17)26-20/h1-10,23H,11-12H2,(H,25,26)(H2,22,24,27). The number of H-pyrrole nitrogens is 2. The fraction of sp³-hybridized carbons (Fsp3) is 0.0952. The minimum absolute atomic E-state index is 0.212. The molecule has 2 aromatic carbocycles. The molecule has 0 amide bonds. The van der Waals surface area contributed by atoms with E-state index in [-0.39, 0.29) is 17.3 Å². The molecule has 30 heavy (non-hydrogen) atoms. The number of benzene rings is 2. The molecule has 8 nitrogen and oxygen atoms in total. The molecule has 5 rings (SSSR count). The van der Waals surface area contributed by atoms with Crippen LogP contribution in [0.15, 0.2) is 60.8 Å². The first-order valence-electron chi connectivity index (χ1n) is 9.30. The Morgan fingerprint density at radius 2 is 1.77 bits per heavy atom. The first-order valence-corrected chi connectivity index (χ1v) is 11.1. The summed E-state index contributed by atoms with van der Waals surface area (Å²) in [5.41, 5.74) is 9.59. The van der Waals surface area contributed by atoms with E-state index in [4.69, 9.17) is 5.73 Å². The summed E-state index contributed by atoms with van der Waals surface area (Å²) < 4.78 is 25.6. The number of para-hydroxylation sites is 2. The van der Waals surface area contributed by atoms with Crippen LogP contribution in [0, 0.1) is 0 Å². The summed E-state index contributed by atoms with van der Waals surface area (Å²) in [7, 11) is -3.52. The van der Waals surface area contributed by atoms with Crippen molar-refractivity contribution in [3.05, 3.63) is 72.3 Å². The average molecular weight is 418 g/mol. The van der Waals surface area contributed by atoms with Crippen molar-refractivity contribution >= 4 is 37.6 Å². The van der Waals surface area contributed by atoms with E-state index in [0.717, 1.165) is 27.5 Å². The molecule has 3 aromatic heterocycles. The molecular weight excluding hydrogens is 400 g/mol. The van der Waals surface area contributed by atoms with Crippen molar-refractivity contribution in [1.29, 1.82) is 0 Å². The predicted octanol–water partition coefficient (Wildman–Crippen LogP) is 3.20. The molecule has 3 heterocycles. The van der Waals surface area contributed by atoms with Crippen LogP contribution in [0.2, 0.25) is 0 Å². The highest BCUT2D eigenvalue weighted by Gasteiger charge is 2.18. The van der Waals surface area contributed by atoms with Gasteiger partial charge >= 0.3 is 0 Å². The van der Waals surface area contributed by atoms with Crippen LogP contribution >= 0.6 is 0 Å². The van der Waals surface area contributed by atoms with Crippen molar-refractivity contribution < 1.29 is 8.42 Å². The summed E-state index contributed by atoms with van der Waals surface area (Å²) in [4.78, 5) is 19.3. The first kappa shape index (κ1) is 18.3. The van der Waals surface area contributed by atoms with Gasteiger partial charge in [0.15, 0.2) is 15.7 Å². The second kappa shape index (κ2) is 6.96. The third-order valence-electron chi connectivity index (χ3n) is 4.77. The highest BCUT2D eigenvalue weighted by atomic mass is 32.2. The topological polar surface area (TPSA) is 130 Å². The molecule has 0 saturated carbocycles. The molecule has 0 bridgehead atoms. The third-order valence-corrected chi connectivity index (χ3v) is 6.22.